The van der Waals surface area contributed by atoms with E-state index in [0.29, 0.717) is 0 Å². The molecule has 0 aliphatic carbocycles. The van der Waals surface area contributed by atoms with Crippen LogP contribution in [0.2, 0.25) is 5.02 Å². The molecule has 2 unspecified atom stereocenters. The van der Waals surface area contributed by atoms with E-state index in [9.17, 15) is 5.11 Å². The number of hydrogen-bond donors (Lipinski definition) is 2. The van der Waals surface area contributed by atoms with Crippen molar-refractivity contribution >= 4 is 11.6 Å². The Morgan fingerprint density at radius 2 is 1.90 bits per heavy atom. The predicted molar refractivity (Wildman–Crippen MR) is 86.3 cm³/mol. The fourth-order valence-corrected chi connectivity index (χ4v) is 2.51. The fraction of sp³-hybridized carbons (Fsp3) is 0.625. The number of hydrogen-bond acceptors (Lipinski definition) is 3. The van der Waals surface area contributed by atoms with Gasteiger partial charge in [0.2, 0.25) is 0 Å². The molecule has 0 saturated heterocycles. The molecule has 0 saturated carbocycles. The lowest BCUT2D eigenvalue weighted by Crippen LogP contribution is -2.29. The maximum atomic E-state index is 9.32. The summed E-state index contributed by atoms with van der Waals surface area (Å²) in [5.74, 6) is 0. The number of aliphatic hydroxyl groups excluding tert-OH is 1. The van der Waals surface area contributed by atoms with Gasteiger partial charge in [0.1, 0.15) is 0 Å². The number of halogens is 1. The van der Waals surface area contributed by atoms with Crippen LogP contribution in [-0.4, -0.2) is 42.8 Å². The lowest BCUT2D eigenvalue weighted by molar-refractivity contribution is 0.163. The third kappa shape index (κ3) is 6.23. The van der Waals surface area contributed by atoms with Gasteiger partial charge in [-0.2, -0.15) is 0 Å². The number of nitrogens with zero attached hydrogens (tertiary/aromatic N) is 1. The molecular weight excluding hydrogens is 272 g/mol. The molecule has 0 bridgehead atoms. The number of aliphatic hydroxyl groups is 1. The molecule has 2 atom stereocenters. The summed E-state index contributed by atoms with van der Waals surface area (Å²) in [6, 6.07) is 8.30. The van der Waals surface area contributed by atoms with E-state index >= 15 is 0 Å². The number of benzene rings is 1. The van der Waals surface area contributed by atoms with E-state index in [1.165, 1.54) is 5.56 Å². The highest BCUT2D eigenvalue weighted by molar-refractivity contribution is 6.31. The van der Waals surface area contributed by atoms with Gasteiger partial charge in [-0.1, -0.05) is 36.7 Å². The fourth-order valence-electron chi connectivity index (χ4n) is 2.24. The van der Waals surface area contributed by atoms with Gasteiger partial charge in [0.05, 0.1) is 6.10 Å². The van der Waals surface area contributed by atoms with Crippen molar-refractivity contribution in [3.63, 3.8) is 0 Å². The Kier molecular flexibility index (Phi) is 8.15. The van der Waals surface area contributed by atoms with Crippen LogP contribution in [0, 0.1) is 0 Å². The minimum atomic E-state index is -0.231. The zero-order valence-electron chi connectivity index (χ0n) is 12.8. The standard InChI is InChI=1S/C16H27ClN2O/c1-4-18-16(14-7-5-6-8-15(14)17)10-12-19(3)11-9-13(2)20/h5-8,13,16,18,20H,4,9-12H2,1-3H3. The molecule has 2 N–H and O–H groups in total. The first-order valence-electron chi connectivity index (χ1n) is 7.39. The Bertz CT molecular complexity index is 384. The van der Waals surface area contributed by atoms with Crippen molar-refractivity contribution < 1.29 is 5.11 Å². The van der Waals surface area contributed by atoms with Crippen molar-refractivity contribution in [3.05, 3.63) is 34.9 Å². The summed E-state index contributed by atoms with van der Waals surface area (Å²) >= 11 is 6.29. The maximum absolute atomic E-state index is 9.32. The normalized spacial score (nSPS) is 14.5. The Morgan fingerprint density at radius 1 is 1.25 bits per heavy atom. The number of rotatable bonds is 9. The van der Waals surface area contributed by atoms with Crippen LogP contribution in [0.4, 0.5) is 0 Å². The zero-order valence-corrected chi connectivity index (χ0v) is 13.5. The highest BCUT2D eigenvalue weighted by Gasteiger charge is 2.14. The average molecular weight is 299 g/mol. The molecule has 0 aromatic heterocycles. The summed E-state index contributed by atoms with van der Waals surface area (Å²) in [6.07, 6.45) is 1.59. The van der Waals surface area contributed by atoms with Gasteiger partial charge in [-0.05, 0) is 51.5 Å². The molecule has 0 spiro atoms. The molecule has 1 rings (SSSR count). The largest absolute Gasteiger partial charge is 0.393 e. The molecule has 0 aliphatic rings. The molecule has 1 aromatic rings. The predicted octanol–water partition coefficient (Wildman–Crippen LogP) is 3.08. The van der Waals surface area contributed by atoms with E-state index in [2.05, 4.69) is 30.3 Å². The Morgan fingerprint density at radius 3 is 2.50 bits per heavy atom. The van der Waals surface area contributed by atoms with E-state index in [0.717, 1.165) is 37.5 Å². The van der Waals surface area contributed by atoms with Crippen LogP contribution in [-0.2, 0) is 0 Å². The summed E-state index contributed by atoms with van der Waals surface area (Å²) < 4.78 is 0. The second kappa shape index (κ2) is 9.35. The summed E-state index contributed by atoms with van der Waals surface area (Å²) in [5.41, 5.74) is 1.17. The van der Waals surface area contributed by atoms with Crippen molar-refractivity contribution in [1.29, 1.82) is 0 Å². The van der Waals surface area contributed by atoms with Crippen molar-refractivity contribution in [2.24, 2.45) is 0 Å². The van der Waals surface area contributed by atoms with Crippen LogP contribution >= 0.6 is 11.6 Å². The van der Waals surface area contributed by atoms with Crippen molar-refractivity contribution in [2.75, 3.05) is 26.7 Å². The first kappa shape index (κ1) is 17.4. The van der Waals surface area contributed by atoms with Gasteiger partial charge >= 0.3 is 0 Å². The quantitative estimate of drug-likeness (QED) is 0.735. The van der Waals surface area contributed by atoms with Crippen LogP contribution in [0.1, 0.15) is 38.3 Å². The second-order valence-electron chi connectivity index (χ2n) is 5.36. The molecule has 1 aromatic carbocycles. The molecule has 0 fully saturated rings. The minimum absolute atomic E-state index is 0.231. The molecule has 0 radical (unpaired) electrons. The van der Waals surface area contributed by atoms with Gasteiger partial charge < -0.3 is 15.3 Å². The first-order chi connectivity index (χ1) is 9.54. The highest BCUT2D eigenvalue weighted by atomic mass is 35.5. The van der Waals surface area contributed by atoms with Crippen LogP contribution < -0.4 is 5.32 Å². The van der Waals surface area contributed by atoms with E-state index in [4.69, 9.17) is 11.6 Å². The summed E-state index contributed by atoms with van der Waals surface area (Å²) in [7, 11) is 2.10. The van der Waals surface area contributed by atoms with Crippen LogP contribution in [0.25, 0.3) is 0 Å². The summed E-state index contributed by atoms with van der Waals surface area (Å²) in [4.78, 5) is 2.26. The Labute approximate surface area is 127 Å². The van der Waals surface area contributed by atoms with Crippen LogP contribution in [0.5, 0.6) is 0 Å². The zero-order chi connectivity index (χ0) is 15.0. The Balaban J connectivity index is 2.53. The monoisotopic (exact) mass is 298 g/mol. The maximum Gasteiger partial charge on any atom is 0.0524 e. The smallest absolute Gasteiger partial charge is 0.0524 e. The summed E-state index contributed by atoms with van der Waals surface area (Å²) in [5, 5.41) is 13.6. The van der Waals surface area contributed by atoms with E-state index in [1.54, 1.807) is 0 Å². The topological polar surface area (TPSA) is 35.5 Å². The van der Waals surface area contributed by atoms with Gasteiger partial charge in [-0.25, -0.2) is 0 Å². The molecule has 20 heavy (non-hydrogen) atoms. The van der Waals surface area contributed by atoms with Crippen LogP contribution in [0.3, 0.4) is 0 Å². The summed E-state index contributed by atoms with van der Waals surface area (Å²) in [6.45, 7) is 6.77. The Hall–Kier alpha value is -0.610. The molecule has 0 amide bonds. The molecule has 0 aliphatic heterocycles. The van der Waals surface area contributed by atoms with Gasteiger partial charge in [0.15, 0.2) is 0 Å². The lowest BCUT2D eigenvalue weighted by Gasteiger charge is -2.23. The van der Waals surface area contributed by atoms with Crippen molar-refractivity contribution in [1.82, 2.24) is 10.2 Å². The van der Waals surface area contributed by atoms with Gasteiger partial charge in [-0.3, -0.25) is 0 Å². The molecule has 0 heterocycles. The van der Waals surface area contributed by atoms with Crippen LogP contribution in [0.15, 0.2) is 24.3 Å². The molecule has 114 valence electrons. The molecule has 4 heteroatoms. The van der Waals surface area contributed by atoms with E-state index in [-0.39, 0.29) is 12.1 Å². The molecular formula is C16H27ClN2O. The van der Waals surface area contributed by atoms with E-state index < -0.39 is 0 Å². The van der Waals surface area contributed by atoms with Crippen molar-refractivity contribution in [3.8, 4) is 0 Å². The van der Waals surface area contributed by atoms with Gasteiger partial charge in [0, 0.05) is 17.6 Å². The van der Waals surface area contributed by atoms with Crippen molar-refractivity contribution in [2.45, 2.75) is 38.8 Å². The average Bonchev–Trinajstić information content (AvgIpc) is 2.42. The first-order valence-corrected chi connectivity index (χ1v) is 7.76. The minimum Gasteiger partial charge on any atom is -0.393 e. The number of nitrogens with one attached hydrogen (secondary N) is 1. The van der Waals surface area contributed by atoms with E-state index in [1.807, 2.05) is 25.1 Å². The second-order valence-corrected chi connectivity index (χ2v) is 5.77. The third-order valence-electron chi connectivity index (χ3n) is 3.46. The van der Waals surface area contributed by atoms with Gasteiger partial charge in [0.25, 0.3) is 0 Å². The highest BCUT2D eigenvalue weighted by Crippen LogP contribution is 2.25. The lowest BCUT2D eigenvalue weighted by atomic mass is 10.0. The van der Waals surface area contributed by atoms with Gasteiger partial charge in [-0.15, -0.1) is 0 Å². The third-order valence-corrected chi connectivity index (χ3v) is 3.80. The SMILES string of the molecule is CCNC(CCN(C)CCC(C)O)c1ccccc1Cl. The molecule has 3 nitrogen and oxygen atoms in total.